The van der Waals surface area contributed by atoms with Gasteiger partial charge in [0.1, 0.15) is 16.7 Å². The first kappa shape index (κ1) is 30.3. The molecule has 1 saturated heterocycles. The van der Waals surface area contributed by atoms with Crippen molar-refractivity contribution in [2.45, 2.75) is 65.2 Å². The van der Waals surface area contributed by atoms with Crippen molar-refractivity contribution in [1.82, 2.24) is 35.5 Å². The summed E-state index contributed by atoms with van der Waals surface area (Å²) in [5, 5.41) is 16.0. The number of carbonyl (C=O) groups is 3. The molecule has 1 unspecified atom stereocenters. The first-order valence-electron chi connectivity index (χ1n) is 14.1. The van der Waals surface area contributed by atoms with E-state index in [1.54, 1.807) is 46.4 Å². The van der Waals surface area contributed by atoms with Crippen molar-refractivity contribution in [3.63, 3.8) is 0 Å². The number of rotatable bonds is 5. The number of hydrogen-bond acceptors (Lipinski definition) is 10. The fourth-order valence-corrected chi connectivity index (χ4v) is 4.55. The lowest BCUT2D eigenvalue weighted by molar-refractivity contribution is 0.0291. The highest BCUT2D eigenvalue weighted by Crippen LogP contribution is 2.33. The molecule has 3 aromatic heterocycles. The Kier molecular flexibility index (Phi) is 8.13. The molecule has 0 radical (unpaired) electrons. The third kappa shape index (κ3) is 7.22. The molecular formula is C29H35N9O6. The average molecular weight is 606 g/mol. The van der Waals surface area contributed by atoms with Crippen LogP contribution in [0.5, 0.6) is 0 Å². The van der Waals surface area contributed by atoms with Gasteiger partial charge in [-0.05, 0) is 58.3 Å². The number of fused-ring (bicyclic) bond motifs is 1. The predicted octanol–water partition coefficient (Wildman–Crippen LogP) is 5.15. The third-order valence-electron chi connectivity index (χ3n) is 6.32. The number of imidazole rings is 1. The highest BCUT2D eigenvalue weighted by molar-refractivity contribution is 6.03. The molecule has 232 valence electrons. The maximum Gasteiger partial charge on any atom is 0.413 e. The molecule has 1 aromatic carbocycles. The fraction of sp³-hybridized carbons (Fsp3) is 0.414. The van der Waals surface area contributed by atoms with Crippen LogP contribution in [0.1, 0.15) is 48.0 Å². The number of carbonyl (C=O) groups excluding carboxylic acids is 3. The molecule has 5 rings (SSSR count). The zero-order valence-corrected chi connectivity index (χ0v) is 25.3. The van der Waals surface area contributed by atoms with Gasteiger partial charge < -0.3 is 30.0 Å². The van der Waals surface area contributed by atoms with E-state index in [1.165, 1.54) is 6.20 Å². The van der Waals surface area contributed by atoms with Gasteiger partial charge in [-0.25, -0.2) is 24.0 Å². The SMILES string of the molecule is CC(C)(C)OC(=O)Nc1nonc1-c1nc2c(-c3ccccc3)ncc(NC(=O)NC3CCN(C(=O)OC(C)(C)C)C3)c2[nH]1. The number of benzene rings is 1. The molecule has 0 bridgehead atoms. The number of anilines is 2. The molecule has 44 heavy (non-hydrogen) atoms. The van der Waals surface area contributed by atoms with Crippen molar-refractivity contribution >= 4 is 40.8 Å². The van der Waals surface area contributed by atoms with Crippen LogP contribution in [0.4, 0.5) is 25.9 Å². The molecule has 4 heterocycles. The van der Waals surface area contributed by atoms with Gasteiger partial charge in [0.2, 0.25) is 5.82 Å². The summed E-state index contributed by atoms with van der Waals surface area (Å²) < 4.78 is 15.7. The molecule has 0 spiro atoms. The van der Waals surface area contributed by atoms with Crippen LogP contribution >= 0.6 is 0 Å². The zero-order chi connectivity index (χ0) is 31.6. The highest BCUT2D eigenvalue weighted by atomic mass is 16.6. The van der Waals surface area contributed by atoms with Crippen LogP contribution in [0.3, 0.4) is 0 Å². The van der Waals surface area contributed by atoms with Crippen molar-refractivity contribution in [2.24, 2.45) is 0 Å². The van der Waals surface area contributed by atoms with Crippen LogP contribution in [0, 0.1) is 0 Å². The standard InChI is InChI=1S/C29H35N9O6/c1-28(2,3)42-26(40)35-24-22(36-44-37-24)23-33-20-18(14-30-19(21(20)34-23)16-10-8-7-9-11-16)32-25(39)31-17-12-13-38(15-17)27(41)43-29(4,5)6/h7-11,14,17H,12-13,15H2,1-6H3,(H,33,34)(H2,31,32,39)(H,35,37,40). The summed E-state index contributed by atoms with van der Waals surface area (Å²) in [4.78, 5) is 51.9. The number of likely N-dealkylation sites (tertiary alicyclic amines) is 1. The number of ether oxygens (including phenoxy) is 2. The lowest BCUT2D eigenvalue weighted by Gasteiger charge is -2.24. The van der Waals surface area contributed by atoms with Gasteiger partial charge in [-0.15, -0.1) is 0 Å². The highest BCUT2D eigenvalue weighted by Gasteiger charge is 2.31. The summed E-state index contributed by atoms with van der Waals surface area (Å²) in [6.07, 6.45) is 0.939. The van der Waals surface area contributed by atoms with Gasteiger partial charge in [-0.2, -0.15) is 0 Å². The second kappa shape index (κ2) is 11.8. The molecular weight excluding hydrogens is 570 g/mol. The first-order valence-corrected chi connectivity index (χ1v) is 14.1. The largest absolute Gasteiger partial charge is 0.444 e. The minimum Gasteiger partial charge on any atom is -0.444 e. The van der Waals surface area contributed by atoms with Gasteiger partial charge >= 0.3 is 18.2 Å². The maximum atomic E-state index is 13.1. The van der Waals surface area contributed by atoms with Gasteiger partial charge in [-0.3, -0.25) is 10.3 Å². The Morgan fingerprint density at radius 2 is 1.70 bits per heavy atom. The molecule has 0 saturated carbocycles. The van der Waals surface area contributed by atoms with E-state index in [2.05, 4.69) is 36.2 Å². The Balaban J connectivity index is 1.39. The molecule has 1 aliphatic rings. The normalized spacial score (nSPS) is 15.2. The summed E-state index contributed by atoms with van der Waals surface area (Å²) in [5.74, 6) is 0.209. The third-order valence-corrected chi connectivity index (χ3v) is 6.32. The van der Waals surface area contributed by atoms with E-state index in [0.717, 1.165) is 5.56 Å². The van der Waals surface area contributed by atoms with Gasteiger partial charge in [-0.1, -0.05) is 30.3 Å². The lowest BCUT2D eigenvalue weighted by Crippen LogP contribution is -2.41. The number of pyridine rings is 1. The van der Waals surface area contributed by atoms with E-state index in [-0.39, 0.29) is 23.4 Å². The summed E-state index contributed by atoms with van der Waals surface area (Å²) in [6.45, 7) is 11.4. The predicted molar refractivity (Wildman–Crippen MR) is 161 cm³/mol. The van der Waals surface area contributed by atoms with Crippen LogP contribution in [-0.2, 0) is 9.47 Å². The second-order valence-corrected chi connectivity index (χ2v) is 12.3. The number of urea groups is 1. The zero-order valence-electron chi connectivity index (χ0n) is 25.3. The Hall–Kier alpha value is -5.21. The van der Waals surface area contributed by atoms with Gasteiger partial charge in [0.15, 0.2) is 11.5 Å². The number of H-pyrrole nitrogens is 1. The number of amides is 4. The molecule has 0 aliphatic carbocycles. The van der Waals surface area contributed by atoms with Crippen LogP contribution in [-0.4, -0.2) is 78.7 Å². The monoisotopic (exact) mass is 605 g/mol. The van der Waals surface area contributed by atoms with E-state index in [0.29, 0.717) is 41.9 Å². The number of nitrogens with zero attached hydrogens (tertiary/aromatic N) is 5. The van der Waals surface area contributed by atoms with Crippen LogP contribution in [0.25, 0.3) is 33.8 Å². The number of nitrogens with one attached hydrogen (secondary N) is 4. The Labute approximate surface area is 253 Å². The van der Waals surface area contributed by atoms with E-state index >= 15 is 0 Å². The van der Waals surface area contributed by atoms with Gasteiger partial charge in [0.05, 0.1) is 23.1 Å². The van der Waals surface area contributed by atoms with E-state index in [1.807, 2.05) is 30.3 Å². The number of aromatic amines is 1. The quantitative estimate of drug-likeness (QED) is 0.237. The molecule has 4 aromatic rings. The second-order valence-electron chi connectivity index (χ2n) is 12.3. The number of aromatic nitrogens is 5. The lowest BCUT2D eigenvalue weighted by atomic mass is 10.1. The first-order chi connectivity index (χ1) is 20.8. The van der Waals surface area contributed by atoms with Crippen LogP contribution in [0.15, 0.2) is 41.2 Å². The summed E-state index contributed by atoms with van der Waals surface area (Å²) in [7, 11) is 0. The topological polar surface area (TPSA) is 189 Å². The molecule has 1 aliphatic heterocycles. The number of hydrogen-bond donors (Lipinski definition) is 4. The minimum absolute atomic E-state index is 0.00412. The molecule has 4 amide bonds. The summed E-state index contributed by atoms with van der Waals surface area (Å²) in [6, 6.07) is 8.67. The average Bonchev–Trinajstić information content (AvgIpc) is 3.67. The molecule has 15 nitrogen and oxygen atoms in total. The van der Waals surface area contributed by atoms with Crippen molar-refractivity contribution < 1.29 is 28.5 Å². The summed E-state index contributed by atoms with van der Waals surface area (Å²) in [5.41, 5.74) is 1.36. The van der Waals surface area contributed by atoms with Crippen LogP contribution in [0.2, 0.25) is 0 Å². The Bertz CT molecular complexity index is 1670. The maximum absolute atomic E-state index is 13.1. The van der Waals surface area contributed by atoms with E-state index in [4.69, 9.17) is 19.1 Å². The van der Waals surface area contributed by atoms with Crippen molar-refractivity contribution in [3.05, 3.63) is 36.5 Å². The summed E-state index contributed by atoms with van der Waals surface area (Å²) >= 11 is 0. The van der Waals surface area contributed by atoms with Crippen molar-refractivity contribution in [1.29, 1.82) is 0 Å². The molecule has 4 N–H and O–H groups in total. The Morgan fingerprint density at radius 3 is 2.41 bits per heavy atom. The fourth-order valence-electron chi connectivity index (χ4n) is 4.55. The minimum atomic E-state index is -0.742. The molecule has 1 fully saturated rings. The molecule has 1 atom stereocenters. The van der Waals surface area contributed by atoms with Gasteiger partial charge in [0.25, 0.3) is 0 Å². The molecule has 15 heteroatoms. The van der Waals surface area contributed by atoms with Gasteiger partial charge in [0, 0.05) is 24.7 Å². The van der Waals surface area contributed by atoms with Crippen molar-refractivity contribution in [3.8, 4) is 22.8 Å². The van der Waals surface area contributed by atoms with E-state index in [9.17, 15) is 14.4 Å². The van der Waals surface area contributed by atoms with Crippen LogP contribution < -0.4 is 16.0 Å². The van der Waals surface area contributed by atoms with Crippen molar-refractivity contribution in [2.75, 3.05) is 23.7 Å². The Morgan fingerprint density at radius 1 is 0.977 bits per heavy atom. The smallest absolute Gasteiger partial charge is 0.413 e. The van der Waals surface area contributed by atoms with E-state index < -0.39 is 29.4 Å².